The van der Waals surface area contributed by atoms with Gasteiger partial charge in [-0.15, -0.1) is 11.8 Å². The number of benzene rings is 3. The van der Waals surface area contributed by atoms with Crippen LogP contribution in [0.3, 0.4) is 0 Å². The molecule has 3 fully saturated rings. The van der Waals surface area contributed by atoms with Gasteiger partial charge in [-0.25, -0.2) is 4.98 Å². The van der Waals surface area contributed by atoms with Gasteiger partial charge in [-0.1, -0.05) is 76.1 Å². The standard InChI is InChI=1S/C86H118BrN23O18S/c1-8-9-20-68-86(128)110-30-15-22-67(110)80(122)100-58(26-28-89)77(119)105-65(75(117)95-41-71(91)113)43-129-44-73(115)98-62(33-48-23-24-69(111)54(87)32-48)83(125)107(6)47(4)74(116)102-64(37-70(90)112)85(127)109-29-14-21-66(109)81(123)101-60(36-51-40-92-45-96-51)79(121)103-61(31-46(2)3)82(124)106(5)42-72(114)97-59(34-49-38-93-55-18-12-10-16-52(49)55)78(120)99-57(25-27-88)76(118)104-63(84(126)108(68)7)35-50-39-94-56-19-13-11-17-53(50)56/h10-13,16-19,23-24,32,38-40,45-47,57-68,93-94,111H,8-9,14-15,20-22,25-31,33-37,41-44,88-89H2,1-7H3,(H2,90,112)(H2,91,113)(H,92,96)(H,95,117)(H,97,114)(H,98,115)(H,99,120)(H,100,122)(H,101,123)(H,102,116)(H,103,121)(H,104,118)(H,105,119)/t47-,57-,58-,59-,60-,61-,62-,63-,64-,65-,66-,67+,68-/m0/s1. The Kier molecular flexibility index (Phi) is 36.9. The lowest BCUT2D eigenvalue weighted by Crippen LogP contribution is -2.61. The molecule has 0 radical (unpaired) electrons. The lowest BCUT2D eigenvalue weighted by Gasteiger charge is -2.35. The van der Waals surface area contributed by atoms with E-state index in [2.05, 4.69) is 89.0 Å². The zero-order valence-corrected chi connectivity index (χ0v) is 75.6. The van der Waals surface area contributed by atoms with Crippen LogP contribution in [0, 0.1) is 5.92 Å². The van der Waals surface area contributed by atoms with Gasteiger partial charge in [-0.2, -0.15) is 0 Å². The molecule has 9 rings (SSSR count). The Bertz CT molecular complexity index is 5050. The normalized spacial score (nSPS) is 24.3. The molecule has 698 valence electrons. The van der Waals surface area contributed by atoms with Gasteiger partial charge in [0.1, 0.15) is 84.3 Å². The Balaban J connectivity index is 1.07. The molecule has 0 unspecified atom stereocenters. The van der Waals surface area contributed by atoms with Crippen LogP contribution < -0.4 is 76.1 Å². The molecule has 6 aromatic rings. The van der Waals surface area contributed by atoms with Crippen molar-refractivity contribution in [1.82, 2.24) is 97.6 Å². The van der Waals surface area contributed by atoms with Gasteiger partial charge in [0.2, 0.25) is 100 Å². The lowest BCUT2D eigenvalue weighted by atomic mass is 10.0. The molecule has 13 atom stereocenters. The number of phenols is 1. The molecule has 0 saturated carbocycles. The summed E-state index contributed by atoms with van der Waals surface area (Å²) in [5.41, 5.74) is 26.6. The summed E-state index contributed by atoms with van der Waals surface area (Å²) in [6, 6.07) is -0.406. The highest BCUT2D eigenvalue weighted by molar-refractivity contribution is 9.10. The van der Waals surface area contributed by atoms with Gasteiger partial charge in [-0.3, -0.25) is 81.5 Å². The number of thioether (sulfide) groups is 1. The number of amides is 17. The highest BCUT2D eigenvalue weighted by Gasteiger charge is 2.45. The minimum Gasteiger partial charge on any atom is -0.507 e. The predicted octanol–water partition coefficient (Wildman–Crippen LogP) is -2.25. The Morgan fingerprint density at radius 3 is 1.65 bits per heavy atom. The maximum Gasteiger partial charge on any atom is 0.246 e. The zero-order valence-electron chi connectivity index (χ0n) is 73.2. The lowest BCUT2D eigenvalue weighted by molar-refractivity contribution is -0.149. The number of halogens is 1. The van der Waals surface area contributed by atoms with Gasteiger partial charge in [0.15, 0.2) is 0 Å². The summed E-state index contributed by atoms with van der Waals surface area (Å²) in [6.07, 6.45) is 5.47. The highest BCUT2D eigenvalue weighted by Crippen LogP contribution is 2.29. The molecule has 3 aromatic carbocycles. The molecule has 6 heterocycles. The van der Waals surface area contributed by atoms with E-state index in [9.17, 15) is 67.4 Å². The van der Waals surface area contributed by atoms with Crippen molar-refractivity contribution >= 4 is 150 Å². The van der Waals surface area contributed by atoms with Gasteiger partial charge in [-0.05, 0) is 134 Å². The average Bonchev–Trinajstić information content (AvgIpc) is 1.76. The number of aromatic hydroxyl groups is 1. The number of aromatic amines is 3. The second-order valence-corrected chi connectivity index (χ2v) is 34.9. The number of likely N-dealkylation sites (N-methyl/N-ethyl adjacent to an activating group) is 3. The molecule has 41 nitrogen and oxygen atoms in total. The number of aromatic nitrogens is 4. The van der Waals surface area contributed by atoms with Crippen molar-refractivity contribution in [3.63, 3.8) is 0 Å². The maximum atomic E-state index is 15.7. The topological polar surface area (TPSA) is 611 Å². The second kappa shape index (κ2) is 47.5. The largest absolute Gasteiger partial charge is 0.507 e. The SMILES string of the molecule is CCCC[C@H]1C(=O)N2CCC[C@@H]2C(=O)N[C@@H](CCN)C(=O)N[C@H](C(=O)NCC(N)=O)CSCC(=O)N[C@@H](Cc2ccc(O)c(Br)c2)C(=O)N(C)[C@@H](C)C(=O)N[C@@H](CC(N)=O)C(=O)N2CCC[C@H]2C(=O)N[C@@H](Cc2cnc[nH]2)C(=O)N[C@@H](CC(C)C)C(=O)N(C)CC(=O)N[C@@H](Cc2c[nH]c3ccccc23)C(=O)N[C@@H](CCN)C(=O)N[C@@H](Cc2c[nH]c3ccccc23)C(=O)N1C. The van der Waals surface area contributed by atoms with Crippen molar-refractivity contribution in [3.05, 3.63) is 119 Å². The number of phenolic OH excluding ortho intramolecular Hbond substituents is 1. The predicted molar refractivity (Wildman–Crippen MR) is 479 cm³/mol. The summed E-state index contributed by atoms with van der Waals surface area (Å²) in [6.45, 7) is 4.83. The molecule has 0 spiro atoms. The number of carbonyl (C=O) groups is 17. The van der Waals surface area contributed by atoms with Crippen LogP contribution in [-0.2, 0) is 107 Å². The quantitative estimate of drug-likeness (QED) is 0.0341. The van der Waals surface area contributed by atoms with E-state index in [1.165, 1.54) is 68.6 Å². The molecule has 0 aliphatic carbocycles. The number of H-pyrrole nitrogens is 3. The van der Waals surface area contributed by atoms with E-state index in [1.54, 1.807) is 62.6 Å². The van der Waals surface area contributed by atoms with Gasteiger partial charge in [0.05, 0.1) is 36.1 Å². The number of nitrogens with zero attached hydrogens (tertiary/aromatic N) is 6. The summed E-state index contributed by atoms with van der Waals surface area (Å²) in [5.74, 6) is -16.4. The van der Waals surface area contributed by atoms with Crippen LogP contribution in [0.25, 0.3) is 21.8 Å². The number of unbranched alkanes of at least 4 members (excludes halogenated alkanes) is 1. The Morgan fingerprint density at radius 2 is 1.09 bits per heavy atom. The van der Waals surface area contributed by atoms with Crippen molar-refractivity contribution in [2.45, 2.75) is 203 Å². The molecule has 3 aliphatic rings. The monoisotopic (exact) mass is 1870 g/mol. The summed E-state index contributed by atoms with van der Waals surface area (Å²) in [4.78, 5) is 266. The fraction of sp³-hybridized carbons (Fsp3) is 0.512. The van der Waals surface area contributed by atoms with Crippen LogP contribution in [0.2, 0.25) is 0 Å². The van der Waals surface area contributed by atoms with Crippen LogP contribution in [0.5, 0.6) is 5.75 Å². The molecule has 3 saturated heterocycles. The summed E-state index contributed by atoms with van der Waals surface area (Å²) >= 11 is 4.05. The number of hydrogen-bond acceptors (Lipinski definition) is 22. The number of nitrogens with two attached hydrogens (primary N) is 4. The van der Waals surface area contributed by atoms with Crippen molar-refractivity contribution in [3.8, 4) is 5.75 Å². The summed E-state index contributed by atoms with van der Waals surface area (Å²) in [5, 5.41) is 38.5. The Morgan fingerprint density at radius 1 is 0.566 bits per heavy atom. The van der Waals surface area contributed by atoms with E-state index in [1.807, 2.05) is 19.1 Å². The first-order valence-corrected chi connectivity index (χ1v) is 44.9. The average molecular weight is 1870 g/mol. The molecule has 0 bridgehead atoms. The van der Waals surface area contributed by atoms with E-state index in [4.69, 9.17) is 22.9 Å². The highest BCUT2D eigenvalue weighted by atomic mass is 79.9. The third-order valence-corrected chi connectivity index (χ3v) is 24.6. The first kappa shape index (κ1) is 100. The third-order valence-electron chi connectivity index (χ3n) is 22.9. The minimum atomic E-state index is -1.76. The van der Waals surface area contributed by atoms with Crippen LogP contribution >= 0.6 is 27.7 Å². The first-order valence-electron chi connectivity index (χ1n) is 43.0. The van der Waals surface area contributed by atoms with E-state index < -0.39 is 210 Å². The number of carbonyl (C=O) groups excluding carboxylic acids is 17. The second-order valence-electron chi connectivity index (χ2n) is 33.0. The van der Waals surface area contributed by atoms with E-state index in [0.717, 1.165) is 26.5 Å². The van der Waals surface area contributed by atoms with Crippen LogP contribution in [0.1, 0.15) is 121 Å². The van der Waals surface area contributed by atoms with Crippen LogP contribution in [0.4, 0.5) is 0 Å². The number of imidazole rings is 1. The van der Waals surface area contributed by atoms with Crippen LogP contribution in [-0.4, -0.2) is 300 Å². The molecule has 129 heavy (non-hydrogen) atoms. The molecule has 22 N–H and O–H groups in total. The van der Waals surface area contributed by atoms with E-state index in [-0.39, 0.29) is 119 Å². The fourth-order valence-corrected chi connectivity index (χ4v) is 17.2. The molecular formula is C86H118BrN23O18S. The maximum absolute atomic E-state index is 15.7. The van der Waals surface area contributed by atoms with Crippen molar-refractivity contribution in [2.24, 2.45) is 28.9 Å². The summed E-state index contributed by atoms with van der Waals surface area (Å²) in [7, 11) is 3.93. The number of rotatable bonds is 22. The fourth-order valence-electron chi connectivity index (χ4n) is 15.9. The van der Waals surface area contributed by atoms with E-state index >= 15 is 19.2 Å². The number of fused-ring (bicyclic) bond motifs is 4. The first-order chi connectivity index (χ1) is 61.5. The molecule has 17 amide bonds. The van der Waals surface area contributed by atoms with Crippen molar-refractivity contribution in [1.29, 1.82) is 0 Å². The van der Waals surface area contributed by atoms with Gasteiger partial charge < -0.3 is 121 Å². The molecule has 3 aliphatic heterocycles. The number of para-hydroxylation sites is 2. The third kappa shape index (κ3) is 27.5. The van der Waals surface area contributed by atoms with Gasteiger partial charge in [0, 0.05) is 112 Å². The molecule has 3 aromatic heterocycles. The summed E-state index contributed by atoms with van der Waals surface area (Å²) < 4.78 is 0.211. The zero-order chi connectivity index (χ0) is 94.0. The van der Waals surface area contributed by atoms with E-state index in [0.29, 0.717) is 57.0 Å². The number of hydrogen-bond donors (Lipinski definition) is 18. The molecule has 43 heteroatoms. The number of nitrogens with one attached hydrogen (secondary N) is 13. The van der Waals surface area contributed by atoms with Crippen molar-refractivity contribution in [2.75, 3.05) is 71.9 Å². The van der Waals surface area contributed by atoms with Crippen molar-refractivity contribution < 1.29 is 86.6 Å². The Labute approximate surface area is 757 Å². The molecular weight excluding hydrogens is 1760 g/mol. The van der Waals surface area contributed by atoms with Crippen LogP contribution in [0.15, 0.2) is 96.1 Å². The minimum absolute atomic E-state index is 0.0108. The number of primary amides is 2. The smallest absolute Gasteiger partial charge is 0.246 e. The van der Waals surface area contributed by atoms with Gasteiger partial charge >= 0.3 is 0 Å². The Hall–Kier alpha value is -12.5. The van der Waals surface area contributed by atoms with Gasteiger partial charge in [0.25, 0.3) is 0 Å².